The molecule has 21 heavy (non-hydrogen) atoms. The summed E-state index contributed by atoms with van der Waals surface area (Å²) in [6.45, 7) is 0. The standard InChI is InChI=1S/C14H15Cl2NO3S/c15-8-1-2-10(13(16)5-8)11-6-12(11)14(18)17-9-3-4-21(19,20)7-9/h1-2,5,9,11-12H,3-4,6-7H2,(H,17,18). The third-order valence-electron chi connectivity index (χ3n) is 4.07. The van der Waals surface area contributed by atoms with Crippen molar-refractivity contribution in [3.63, 3.8) is 0 Å². The zero-order chi connectivity index (χ0) is 15.2. The second kappa shape index (κ2) is 5.45. The Hall–Kier alpha value is -0.780. The molecule has 3 rings (SSSR count). The summed E-state index contributed by atoms with van der Waals surface area (Å²) in [7, 11) is -2.97. The Morgan fingerprint density at radius 2 is 2.05 bits per heavy atom. The van der Waals surface area contributed by atoms with Gasteiger partial charge < -0.3 is 5.32 Å². The minimum absolute atomic E-state index is 0.0534. The monoisotopic (exact) mass is 347 g/mol. The fraction of sp³-hybridized carbons (Fsp3) is 0.500. The number of sulfone groups is 1. The number of benzene rings is 1. The first kappa shape index (κ1) is 15.1. The number of nitrogens with one attached hydrogen (secondary N) is 1. The molecule has 7 heteroatoms. The molecule has 1 N–H and O–H groups in total. The lowest BCUT2D eigenvalue weighted by Crippen LogP contribution is -2.36. The number of rotatable bonds is 3. The van der Waals surface area contributed by atoms with E-state index in [1.54, 1.807) is 12.1 Å². The van der Waals surface area contributed by atoms with E-state index in [9.17, 15) is 13.2 Å². The van der Waals surface area contributed by atoms with Crippen LogP contribution in [0.5, 0.6) is 0 Å². The Balaban J connectivity index is 1.61. The van der Waals surface area contributed by atoms with Gasteiger partial charge >= 0.3 is 0 Å². The lowest BCUT2D eigenvalue weighted by molar-refractivity contribution is -0.122. The van der Waals surface area contributed by atoms with Gasteiger partial charge in [-0.2, -0.15) is 0 Å². The van der Waals surface area contributed by atoms with Crippen molar-refractivity contribution in [3.05, 3.63) is 33.8 Å². The van der Waals surface area contributed by atoms with Crippen molar-refractivity contribution in [3.8, 4) is 0 Å². The Morgan fingerprint density at radius 3 is 2.67 bits per heavy atom. The third-order valence-corrected chi connectivity index (χ3v) is 6.40. The van der Waals surface area contributed by atoms with Crippen molar-refractivity contribution in [2.75, 3.05) is 11.5 Å². The molecule has 1 heterocycles. The first-order valence-electron chi connectivity index (χ1n) is 6.81. The molecule has 2 aliphatic rings. The van der Waals surface area contributed by atoms with Crippen molar-refractivity contribution in [1.82, 2.24) is 5.32 Å². The number of amides is 1. The Kier molecular flexibility index (Phi) is 3.93. The maximum atomic E-state index is 12.2. The summed E-state index contributed by atoms with van der Waals surface area (Å²) >= 11 is 12.0. The van der Waals surface area contributed by atoms with Gasteiger partial charge in [-0.05, 0) is 36.5 Å². The summed E-state index contributed by atoms with van der Waals surface area (Å²) in [5.74, 6) is 0.125. The lowest BCUT2D eigenvalue weighted by atomic mass is 10.1. The highest BCUT2D eigenvalue weighted by atomic mass is 35.5. The predicted octanol–water partition coefficient (Wildman–Crippen LogP) is 2.40. The van der Waals surface area contributed by atoms with Gasteiger partial charge in [-0.3, -0.25) is 4.79 Å². The molecule has 4 nitrogen and oxygen atoms in total. The van der Waals surface area contributed by atoms with E-state index >= 15 is 0 Å². The molecule has 0 spiro atoms. The molecule has 2 fully saturated rings. The third kappa shape index (κ3) is 3.35. The minimum Gasteiger partial charge on any atom is -0.352 e. The summed E-state index contributed by atoms with van der Waals surface area (Å²) in [4.78, 5) is 12.2. The maximum absolute atomic E-state index is 12.2. The maximum Gasteiger partial charge on any atom is 0.223 e. The molecule has 0 aromatic heterocycles. The first-order valence-corrected chi connectivity index (χ1v) is 9.39. The number of carbonyl (C=O) groups is 1. The second-order valence-electron chi connectivity index (χ2n) is 5.72. The largest absolute Gasteiger partial charge is 0.352 e. The van der Waals surface area contributed by atoms with Crippen LogP contribution in [-0.2, 0) is 14.6 Å². The molecule has 1 amide bonds. The highest BCUT2D eigenvalue weighted by Gasteiger charge is 2.45. The van der Waals surface area contributed by atoms with Gasteiger partial charge in [-0.1, -0.05) is 29.3 Å². The molecule has 1 aromatic carbocycles. The molecular weight excluding hydrogens is 333 g/mol. The van der Waals surface area contributed by atoms with E-state index in [0.29, 0.717) is 16.5 Å². The molecule has 1 aliphatic heterocycles. The average Bonchev–Trinajstić information content (AvgIpc) is 3.09. The van der Waals surface area contributed by atoms with E-state index in [1.807, 2.05) is 6.07 Å². The van der Waals surface area contributed by atoms with Crippen LogP contribution in [0.3, 0.4) is 0 Å². The summed E-state index contributed by atoms with van der Waals surface area (Å²) in [6.07, 6.45) is 1.25. The van der Waals surface area contributed by atoms with Crippen LogP contribution in [0.1, 0.15) is 24.3 Å². The molecule has 0 bridgehead atoms. The minimum atomic E-state index is -2.97. The van der Waals surface area contributed by atoms with Crippen LogP contribution in [-0.4, -0.2) is 31.9 Å². The second-order valence-corrected chi connectivity index (χ2v) is 8.80. The quantitative estimate of drug-likeness (QED) is 0.912. The van der Waals surface area contributed by atoms with Crippen LogP contribution in [0.2, 0.25) is 10.0 Å². The number of halogens is 2. The van der Waals surface area contributed by atoms with E-state index in [-0.39, 0.29) is 35.3 Å². The van der Waals surface area contributed by atoms with Crippen molar-refractivity contribution in [2.24, 2.45) is 5.92 Å². The molecule has 1 saturated carbocycles. The van der Waals surface area contributed by atoms with Crippen LogP contribution < -0.4 is 5.32 Å². The van der Waals surface area contributed by atoms with E-state index in [4.69, 9.17) is 23.2 Å². The highest BCUT2D eigenvalue weighted by Crippen LogP contribution is 2.50. The van der Waals surface area contributed by atoms with Crippen LogP contribution in [0.4, 0.5) is 0 Å². The van der Waals surface area contributed by atoms with Gasteiger partial charge in [-0.25, -0.2) is 8.42 Å². The summed E-state index contributed by atoms with van der Waals surface area (Å²) in [5, 5.41) is 3.99. The Bertz CT molecular complexity index is 689. The van der Waals surface area contributed by atoms with Gasteiger partial charge in [-0.15, -0.1) is 0 Å². The van der Waals surface area contributed by atoms with E-state index in [1.165, 1.54) is 0 Å². The fourth-order valence-corrected chi connectivity index (χ4v) is 5.07. The fourth-order valence-electron chi connectivity index (χ4n) is 2.85. The zero-order valence-electron chi connectivity index (χ0n) is 11.2. The predicted molar refractivity (Wildman–Crippen MR) is 82.5 cm³/mol. The number of hydrogen-bond donors (Lipinski definition) is 1. The van der Waals surface area contributed by atoms with E-state index in [0.717, 1.165) is 12.0 Å². The van der Waals surface area contributed by atoms with Gasteiger partial charge in [0.15, 0.2) is 9.84 Å². The van der Waals surface area contributed by atoms with E-state index in [2.05, 4.69) is 5.32 Å². The number of hydrogen-bond acceptors (Lipinski definition) is 3. The van der Waals surface area contributed by atoms with Crippen LogP contribution in [0, 0.1) is 5.92 Å². The van der Waals surface area contributed by atoms with Gasteiger partial charge in [0.2, 0.25) is 5.91 Å². The summed E-state index contributed by atoms with van der Waals surface area (Å²) < 4.78 is 22.8. The molecule has 114 valence electrons. The van der Waals surface area contributed by atoms with E-state index < -0.39 is 9.84 Å². The molecule has 3 unspecified atom stereocenters. The topological polar surface area (TPSA) is 63.2 Å². The van der Waals surface area contributed by atoms with Crippen LogP contribution in [0.25, 0.3) is 0 Å². The smallest absolute Gasteiger partial charge is 0.223 e. The van der Waals surface area contributed by atoms with Gasteiger partial charge in [0.05, 0.1) is 11.5 Å². The summed E-state index contributed by atoms with van der Waals surface area (Å²) in [6, 6.07) is 5.04. The SMILES string of the molecule is O=C(NC1CCS(=O)(=O)C1)C1CC1c1ccc(Cl)cc1Cl. The van der Waals surface area contributed by atoms with Crippen molar-refractivity contribution < 1.29 is 13.2 Å². The van der Waals surface area contributed by atoms with Crippen molar-refractivity contribution in [1.29, 1.82) is 0 Å². The van der Waals surface area contributed by atoms with Gasteiger partial charge in [0, 0.05) is 22.0 Å². The molecule has 1 saturated heterocycles. The molecular formula is C14H15Cl2NO3S. The molecule has 1 aliphatic carbocycles. The molecule has 0 radical (unpaired) electrons. The normalized spacial score (nSPS) is 30.1. The van der Waals surface area contributed by atoms with Crippen molar-refractivity contribution >= 4 is 38.9 Å². The number of carbonyl (C=O) groups excluding carboxylic acids is 1. The Labute approximate surface area is 133 Å². The van der Waals surface area contributed by atoms with Crippen LogP contribution >= 0.6 is 23.2 Å². The van der Waals surface area contributed by atoms with Gasteiger partial charge in [0.1, 0.15) is 0 Å². The zero-order valence-corrected chi connectivity index (χ0v) is 13.5. The lowest BCUT2D eigenvalue weighted by Gasteiger charge is -2.11. The summed E-state index contributed by atoms with van der Waals surface area (Å²) in [5.41, 5.74) is 0.931. The van der Waals surface area contributed by atoms with Gasteiger partial charge in [0.25, 0.3) is 0 Å². The van der Waals surface area contributed by atoms with Crippen molar-refractivity contribution in [2.45, 2.75) is 24.8 Å². The average molecular weight is 348 g/mol. The van der Waals surface area contributed by atoms with Crippen LogP contribution in [0.15, 0.2) is 18.2 Å². The Morgan fingerprint density at radius 1 is 1.29 bits per heavy atom. The molecule has 1 aromatic rings. The first-order chi connectivity index (χ1) is 9.85. The highest BCUT2D eigenvalue weighted by molar-refractivity contribution is 7.91. The molecule has 3 atom stereocenters.